The van der Waals surface area contributed by atoms with Gasteiger partial charge in [-0.2, -0.15) is 0 Å². The Morgan fingerprint density at radius 2 is 2.24 bits per heavy atom. The highest BCUT2D eigenvalue weighted by Crippen LogP contribution is 2.32. The summed E-state index contributed by atoms with van der Waals surface area (Å²) in [5, 5.41) is 11.8. The quantitative estimate of drug-likeness (QED) is 0.895. The number of aliphatic carboxylic acids is 1. The molecule has 0 fully saturated rings. The lowest BCUT2D eigenvalue weighted by Crippen LogP contribution is -2.25. The van der Waals surface area contributed by atoms with Crippen LogP contribution in [0.3, 0.4) is 0 Å². The summed E-state index contributed by atoms with van der Waals surface area (Å²) in [7, 11) is 0. The van der Waals surface area contributed by atoms with Gasteiger partial charge < -0.3 is 9.52 Å². The molecule has 7 nitrogen and oxygen atoms in total. The van der Waals surface area contributed by atoms with Gasteiger partial charge in [-0.25, -0.2) is 4.98 Å². The van der Waals surface area contributed by atoms with E-state index in [9.17, 15) is 14.4 Å². The predicted molar refractivity (Wildman–Crippen MR) is 72.6 cm³/mol. The Morgan fingerprint density at radius 3 is 2.90 bits per heavy atom. The van der Waals surface area contributed by atoms with E-state index in [-0.39, 0.29) is 29.5 Å². The molecule has 2 N–H and O–H groups in total. The zero-order valence-corrected chi connectivity index (χ0v) is 11.5. The number of fused-ring (bicyclic) bond motifs is 1. The van der Waals surface area contributed by atoms with Crippen molar-refractivity contribution in [3.63, 3.8) is 0 Å². The summed E-state index contributed by atoms with van der Waals surface area (Å²) in [6, 6.07) is 3.09. The second-order valence-electron chi connectivity index (χ2n) is 4.59. The number of anilines is 1. The fourth-order valence-electron chi connectivity index (χ4n) is 2.12. The first-order chi connectivity index (χ1) is 10.0. The number of carboxylic acids is 1. The maximum Gasteiger partial charge on any atom is 0.307 e. The van der Waals surface area contributed by atoms with Gasteiger partial charge >= 0.3 is 5.97 Å². The Bertz CT molecular complexity index is 719. The van der Waals surface area contributed by atoms with Crippen molar-refractivity contribution in [3.05, 3.63) is 34.7 Å². The Labute approximate surface area is 122 Å². The molecule has 21 heavy (non-hydrogen) atoms. The number of nitrogens with one attached hydrogen (secondary N) is 1. The maximum absolute atomic E-state index is 11.9. The molecule has 108 valence electrons. The van der Waals surface area contributed by atoms with Crippen molar-refractivity contribution >= 4 is 34.1 Å². The number of nitrogens with zero attached hydrogens (tertiary/aromatic N) is 1. The van der Waals surface area contributed by atoms with E-state index in [1.807, 2.05) is 0 Å². The molecule has 2 aromatic heterocycles. The SMILES string of the molecule is O=C(Nc1nc2c(s1)C(=O)CC(C(=O)O)C2)c1ccco1. The number of amides is 1. The number of furan rings is 1. The largest absolute Gasteiger partial charge is 0.481 e. The van der Waals surface area contributed by atoms with E-state index in [0.29, 0.717) is 10.6 Å². The standard InChI is InChI=1S/C13H10N2O5S/c16-8-5-6(12(18)19)4-7-10(8)21-13(14-7)15-11(17)9-2-1-3-20-9/h1-3,6H,4-5H2,(H,18,19)(H,14,15,17). The van der Waals surface area contributed by atoms with E-state index < -0.39 is 17.8 Å². The highest BCUT2D eigenvalue weighted by Gasteiger charge is 2.33. The summed E-state index contributed by atoms with van der Waals surface area (Å²) in [6.45, 7) is 0. The van der Waals surface area contributed by atoms with Crippen LogP contribution in [0.15, 0.2) is 22.8 Å². The number of carbonyl (C=O) groups excluding carboxylic acids is 2. The summed E-state index contributed by atoms with van der Waals surface area (Å²) in [5.74, 6) is -2.34. The highest BCUT2D eigenvalue weighted by molar-refractivity contribution is 7.17. The molecule has 1 atom stereocenters. The lowest BCUT2D eigenvalue weighted by molar-refractivity contribution is -0.141. The molecule has 3 rings (SSSR count). The molecule has 2 aromatic rings. The van der Waals surface area contributed by atoms with Crippen molar-refractivity contribution in [1.82, 2.24) is 4.98 Å². The molecule has 0 saturated carbocycles. The zero-order valence-electron chi connectivity index (χ0n) is 10.7. The Balaban J connectivity index is 1.81. The number of hydrogen-bond acceptors (Lipinski definition) is 6. The molecule has 0 aromatic carbocycles. The average Bonchev–Trinajstić information content (AvgIpc) is 3.06. The lowest BCUT2D eigenvalue weighted by atomic mass is 9.90. The van der Waals surface area contributed by atoms with Crippen LogP contribution in [0.25, 0.3) is 0 Å². The normalized spacial score (nSPS) is 17.3. The Hall–Kier alpha value is -2.48. The summed E-state index contributed by atoms with van der Waals surface area (Å²) in [4.78, 5) is 39.3. The smallest absolute Gasteiger partial charge is 0.307 e. The average molecular weight is 306 g/mol. The molecule has 8 heteroatoms. The number of ketones is 1. The molecule has 1 aliphatic rings. The van der Waals surface area contributed by atoms with Gasteiger partial charge in [0, 0.05) is 12.8 Å². The van der Waals surface area contributed by atoms with Crippen LogP contribution in [-0.2, 0) is 11.2 Å². The molecular formula is C13H10N2O5S. The molecule has 0 aliphatic heterocycles. The fraction of sp³-hybridized carbons (Fsp3) is 0.231. The van der Waals surface area contributed by atoms with E-state index in [2.05, 4.69) is 10.3 Å². The second-order valence-corrected chi connectivity index (χ2v) is 5.59. The molecule has 0 saturated heterocycles. The van der Waals surface area contributed by atoms with E-state index in [0.717, 1.165) is 11.3 Å². The fourth-order valence-corrected chi connectivity index (χ4v) is 3.06. The van der Waals surface area contributed by atoms with E-state index in [4.69, 9.17) is 9.52 Å². The van der Waals surface area contributed by atoms with E-state index in [1.165, 1.54) is 12.3 Å². The third-order valence-electron chi connectivity index (χ3n) is 3.14. The van der Waals surface area contributed by atoms with Crippen molar-refractivity contribution in [2.24, 2.45) is 5.92 Å². The van der Waals surface area contributed by atoms with Crippen molar-refractivity contribution < 1.29 is 23.9 Å². The second kappa shape index (κ2) is 5.13. The monoisotopic (exact) mass is 306 g/mol. The Kier molecular flexibility index (Phi) is 3.30. The first-order valence-electron chi connectivity index (χ1n) is 6.15. The van der Waals surface area contributed by atoms with Crippen LogP contribution in [0.4, 0.5) is 5.13 Å². The van der Waals surface area contributed by atoms with Crippen molar-refractivity contribution in [1.29, 1.82) is 0 Å². The van der Waals surface area contributed by atoms with Gasteiger partial charge in [0.15, 0.2) is 16.7 Å². The van der Waals surface area contributed by atoms with Crippen LogP contribution < -0.4 is 5.32 Å². The van der Waals surface area contributed by atoms with Gasteiger partial charge in [-0.3, -0.25) is 19.7 Å². The van der Waals surface area contributed by atoms with Gasteiger partial charge in [0.2, 0.25) is 0 Å². The van der Waals surface area contributed by atoms with E-state index >= 15 is 0 Å². The summed E-state index contributed by atoms with van der Waals surface area (Å²) in [5.41, 5.74) is 0.429. The third-order valence-corrected chi connectivity index (χ3v) is 4.19. The number of Topliss-reactive ketones (excluding diaryl/α,β-unsaturated/α-hetero) is 1. The molecule has 0 radical (unpaired) electrons. The van der Waals surface area contributed by atoms with Crippen molar-refractivity contribution in [2.45, 2.75) is 12.8 Å². The van der Waals surface area contributed by atoms with Crippen molar-refractivity contribution in [2.75, 3.05) is 5.32 Å². The van der Waals surface area contributed by atoms with Crippen LogP contribution >= 0.6 is 11.3 Å². The minimum absolute atomic E-state index is 0.0316. The number of thiazole rings is 1. The van der Waals surface area contributed by atoms with Crippen LogP contribution in [0.5, 0.6) is 0 Å². The highest BCUT2D eigenvalue weighted by atomic mass is 32.1. The van der Waals surface area contributed by atoms with Crippen LogP contribution in [0.1, 0.15) is 32.3 Å². The summed E-state index contributed by atoms with van der Waals surface area (Å²) >= 11 is 1.06. The third kappa shape index (κ3) is 2.57. The van der Waals surface area contributed by atoms with Gasteiger partial charge in [-0.05, 0) is 12.1 Å². The summed E-state index contributed by atoms with van der Waals surface area (Å²) in [6.07, 6.45) is 1.54. The van der Waals surface area contributed by atoms with E-state index in [1.54, 1.807) is 6.07 Å². The zero-order chi connectivity index (χ0) is 15.0. The number of hydrogen-bond donors (Lipinski definition) is 2. The molecule has 0 bridgehead atoms. The first-order valence-corrected chi connectivity index (χ1v) is 6.97. The molecule has 0 spiro atoms. The van der Waals surface area contributed by atoms with Gasteiger partial charge in [0.1, 0.15) is 0 Å². The Morgan fingerprint density at radius 1 is 1.43 bits per heavy atom. The molecule has 1 unspecified atom stereocenters. The minimum Gasteiger partial charge on any atom is -0.481 e. The molecular weight excluding hydrogens is 296 g/mol. The number of rotatable bonds is 3. The number of carboxylic acid groups (broad SMARTS) is 1. The van der Waals surface area contributed by atoms with Gasteiger partial charge in [0.05, 0.1) is 22.8 Å². The van der Waals surface area contributed by atoms with Gasteiger partial charge in [-0.1, -0.05) is 11.3 Å². The van der Waals surface area contributed by atoms with Gasteiger partial charge in [0.25, 0.3) is 5.91 Å². The van der Waals surface area contributed by atoms with Gasteiger partial charge in [-0.15, -0.1) is 0 Å². The van der Waals surface area contributed by atoms with Crippen LogP contribution in [0, 0.1) is 5.92 Å². The topological polar surface area (TPSA) is 110 Å². The summed E-state index contributed by atoms with van der Waals surface area (Å²) < 4.78 is 4.96. The molecule has 1 aliphatic carbocycles. The lowest BCUT2D eigenvalue weighted by Gasteiger charge is -2.15. The predicted octanol–water partition coefficient (Wildman–Crippen LogP) is 1.82. The van der Waals surface area contributed by atoms with Crippen LogP contribution in [0.2, 0.25) is 0 Å². The molecule has 1 amide bonds. The number of aromatic nitrogens is 1. The van der Waals surface area contributed by atoms with Crippen LogP contribution in [-0.4, -0.2) is 27.8 Å². The molecule has 2 heterocycles. The first kappa shape index (κ1) is 13.5. The minimum atomic E-state index is -1.01. The van der Waals surface area contributed by atoms with Crippen molar-refractivity contribution in [3.8, 4) is 0 Å². The number of carbonyl (C=O) groups is 3. The maximum atomic E-state index is 11.9.